The molecule has 0 fully saturated rings. The highest BCUT2D eigenvalue weighted by molar-refractivity contribution is 7.99. The summed E-state index contributed by atoms with van der Waals surface area (Å²) in [5.41, 5.74) is 3.16. The summed E-state index contributed by atoms with van der Waals surface area (Å²) in [5, 5.41) is 14.6. The first-order valence-corrected chi connectivity index (χ1v) is 10.8. The van der Waals surface area contributed by atoms with Crippen LogP contribution < -0.4 is 10.6 Å². The number of nitrogens with zero attached hydrogens (tertiary/aromatic N) is 3. The molecule has 1 heterocycles. The zero-order chi connectivity index (χ0) is 21.3. The van der Waals surface area contributed by atoms with Gasteiger partial charge in [-0.2, -0.15) is 0 Å². The van der Waals surface area contributed by atoms with Gasteiger partial charge in [0.25, 0.3) is 0 Å². The van der Waals surface area contributed by atoms with Crippen molar-refractivity contribution >= 4 is 23.6 Å². The van der Waals surface area contributed by atoms with Gasteiger partial charge in [-0.15, -0.1) is 10.2 Å². The summed E-state index contributed by atoms with van der Waals surface area (Å²) in [6.45, 7) is 5.13. The van der Waals surface area contributed by atoms with Crippen molar-refractivity contribution in [3.05, 3.63) is 65.7 Å². The highest BCUT2D eigenvalue weighted by atomic mass is 32.2. The summed E-state index contributed by atoms with van der Waals surface area (Å²) < 4.78 is 1.99. The minimum Gasteiger partial charge on any atom is -0.350 e. The topological polar surface area (TPSA) is 88.9 Å². The van der Waals surface area contributed by atoms with E-state index in [1.54, 1.807) is 0 Å². The average molecular weight is 424 g/mol. The lowest BCUT2D eigenvalue weighted by atomic mass is 10.1. The van der Waals surface area contributed by atoms with Crippen molar-refractivity contribution in [2.75, 3.05) is 12.3 Å². The number of amides is 2. The lowest BCUT2D eigenvalue weighted by Gasteiger charge is -2.09. The molecule has 1 aromatic heterocycles. The summed E-state index contributed by atoms with van der Waals surface area (Å²) in [4.78, 5) is 24.1. The van der Waals surface area contributed by atoms with Gasteiger partial charge in [-0.05, 0) is 25.5 Å². The fraction of sp³-hybridized carbons (Fsp3) is 0.273. The van der Waals surface area contributed by atoms with Crippen molar-refractivity contribution in [3.8, 4) is 11.4 Å². The minimum absolute atomic E-state index is 0.0543. The number of rotatable bonds is 9. The molecule has 0 saturated heterocycles. The zero-order valence-corrected chi connectivity index (χ0v) is 17.9. The van der Waals surface area contributed by atoms with E-state index in [1.807, 2.05) is 66.9 Å². The predicted octanol–water partition coefficient (Wildman–Crippen LogP) is 2.80. The molecule has 0 aliphatic rings. The molecule has 0 saturated carbocycles. The van der Waals surface area contributed by atoms with Crippen molar-refractivity contribution in [2.45, 2.75) is 32.1 Å². The molecule has 2 aromatic carbocycles. The van der Waals surface area contributed by atoms with E-state index in [-0.39, 0.29) is 24.1 Å². The lowest BCUT2D eigenvalue weighted by molar-refractivity contribution is -0.124. The molecule has 0 unspecified atom stereocenters. The Morgan fingerprint density at radius 2 is 1.80 bits per heavy atom. The monoisotopic (exact) mass is 423 g/mol. The second kappa shape index (κ2) is 10.6. The first-order valence-electron chi connectivity index (χ1n) is 9.77. The maximum absolute atomic E-state index is 12.1. The SMILES string of the molecule is CCn1c(SCC(=O)NCC(=O)NCc2ccccc2)nnc1-c1cccc(C)c1. The Kier molecular flexibility index (Phi) is 7.62. The van der Waals surface area contributed by atoms with E-state index < -0.39 is 0 Å². The van der Waals surface area contributed by atoms with Crippen molar-refractivity contribution < 1.29 is 9.59 Å². The van der Waals surface area contributed by atoms with Crippen LogP contribution in [0.4, 0.5) is 0 Å². The van der Waals surface area contributed by atoms with Crippen molar-refractivity contribution in [2.24, 2.45) is 0 Å². The smallest absolute Gasteiger partial charge is 0.239 e. The Morgan fingerprint density at radius 3 is 2.53 bits per heavy atom. The van der Waals surface area contributed by atoms with Gasteiger partial charge in [-0.1, -0.05) is 65.9 Å². The maximum Gasteiger partial charge on any atom is 0.239 e. The number of thioether (sulfide) groups is 1. The number of aryl methyl sites for hydroxylation is 1. The van der Waals surface area contributed by atoms with E-state index in [0.29, 0.717) is 18.2 Å². The summed E-state index contributed by atoms with van der Waals surface area (Å²) >= 11 is 1.31. The third kappa shape index (κ3) is 5.93. The van der Waals surface area contributed by atoms with E-state index in [4.69, 9.17) is 0 Å². The third-order valence-electron chi connectivity index (χ3n) is 4.42. The van der Waals surface area contributed by atoms with Crippen LogP contribution >= 0.6 is 11.8 Å². The maximum atomic E-state index is 12.1. The molecule has 0 aliphatic carbocycles. The van der Waals surface area contributed by atoms with Crippen LogP contribution in [0.1, 0.15) is 18.1 Å². The Balaban J connectivity index is 1.48. The number of hydrogen-bond donors (Lipinski definition) is 2. The van der Waals surface area contributed by atoms with Gasteiger partial charge in [-0.3, -0.25) is 9.59 Å². The molecule has 7 nitrogen and oxygen atoms in total. The van der Waals surface area contributed by atoms with Gasteiger partial charge in [0.1, 0.15) is 0 Å². The average Bonchev–Trinajstić information content (AvgIpc) is 3.18. The number of carbonyl (C=O) groups is 2. The summed E-state index contributed by atoms with van der Waals surface area (Å²) in [5.74, 6) is 0.496. The molecule has 3 rings (SSSR count). The Morgan fingerprint density at radius 1 is 1.00 bits per heavy atom. The number of benzene rings is 2. The fourth-order valence-corrected chi connectivity index (χ4v) is 3.73. The molecule has 0 atom stereocenters. The largest absolute Gasteiger partial charge is 0.350 e. The summed E-state index contributed by atoms with van der Waals surface area (Å²) in [6.07, 6.45) is 0. The molecule has 156 valence electrons. The van der Waals surface area contributed by atoms with Crippen LogP contribution in [0, 0.1) is 6.92 Å². The highest BCUT2D eigenvalue weighted by Gasteiger charge is 2.15. The van der Waals surface area contributed by atoms with Crippen molar-refractivity contribution in [1.82, 2.24) is 25.4 Å². The van der Waals surface area contributed by atoms with Gasteiger partial charge in [0.15, 0.2) is 11.0 Å². The molecular weight excluding hydrogens is 398 g/mol. The first-order chi connectivity index (χ1) is 14.6. The second-order valence-electron chi connectivity index (χ2n) is 6.75. The predicted molar refractivity (Wildman–Crippen MR) is 118 cm³/mol. The number of carbonyl (C=O) groups excluding carboxylic acids is 2. The third-order valence-corrected chi connectivity index (χ3v) is 5.39. The van der Waals surface area contributed by atoms with Crippen LogP contribution in [0.15, 0.2) is 59.8 Å². The van der Waals surface area contributed by atoms with Gasteiger partial charge in [-0.25, -0.2) is 0 Å². The molecule has 2 N–H and O–H groups in total. The minimum atomic E-state index is -0.226. The van der Waals surface area contributed by atoms with Crippen molar-refractivity contribution in [3.63, 3.8) is 0 Å². The first kappa shape index (κ1) is 21.6. The van der Waals surface area contributed by atoms with Gasteiger partial charge in [0.2, 0.25) is 11.8 Å². The van der Waals surface area contributed by atoms with Crippen LogP contribution in [0.5, 0.6) is 0 Å². The molecule has 30 heavy (non-hydrogen) atoms. The van der Waals surface area contributed by atoms with Crippen molar-refractivity contribution in [1.29, 1.82) is 0 Å². The van der Waals surface area contributed by atoms with Crippen LogP contribution in [-0.2, 0) is 22.7 Å². The number of hydrogen-bond acceptors (Lipinski definition) is 5. The van der Waals surface area contributed by atoms with Gasteiger partial charge in [0.05, 0.1) is 12.3 Å². The van der Waals surface area contributed by atoms with Crippen LogP contribution in [0.3, 0.4) is 0 Å². The second-order valence-corrected chi connectivity index (χ2v) is 7.69. The molecule has 0 aliphatic heterocycles. The molecule has 0 radical (unpaired) electrons. The Hall–Kier alpha value is -3.13. The molecule has 0 bridgehead atoms. The zero-order valence-electron chi connectivity index (χ0n) is 17.1. The van der Waals surface area contributed by atoms with Gasteiger partial charge >= 0.3 is 0 Å². The van der Waals surface area contributed by atoms with Crippen LogP contribution in [-0.4, -0.2) is 38.9 Å². The van der Waals surface area contributed by atoms with E-state index in [1.165, 1.54) is 11.8 Å². The molecule has 3 aromatic rings. The quantitative estimate of drug-likeness (QED) is 0.517. The van der Waals surface area contributed by atoms with Crippen LogP contribution in [0.25, 0.3) is 11.4 Å². The Labute approximate surface area is 180 Å². The highest BCUT2D eigenvalue weighted by Crippen LogP contribution is 2.24. The van der Waals surface area contributed by atoms with E-state index in [9.17, 15) is 9.59 Å². The number of aromatic nitrogens is 3. The molecule has 2 amide bonds. The van der Waals surface area contributed by atoms with E-state index >= 15 is 0 Å². The normalized spacial score (nSPS) is 10.6. The Bertz CT molecular complexity index is 1000. The molecular formula is C22H25N5O2S. The fourth-order valence-electron chi connectivity index (χ4n) is 2.90. The number of nitrogens with one attached hydrogen (secondary N) is 2. The standard InChI is InChI=1S/C22H25N5O2S/c1-3-27-21(18-11-7-8-16(2)12-18)25-26-22(27)30-15-20(29)24-14-19(28)23-13-17-9-5-4-6-10-17/h4-12H,3,13-15H2,1-2H3,(H,23,28)(H,24,29). The summed E-state index contributed by atoms with van der Waals surface area (Å²) in [6, 6.07) is 17.7. The van der Waals surface area contributed by atoms with Gasteiger partial charge < -0.3 is 15.2 Å². The van der Waals surface area contributed by atoms with E-state index in [0.717, 1.165) is 22.5 Å². The van der Waals surface area contributed by atoms with E-state index in [2.05, 4.69) is 26.9 Å². The molecule has 8 heteroatoms. The van der Waals surface area contributed by atoms with Crippen LogP contribution in [0.2, 0.25) is 0 Å². The lowest BCUT2D eigenvalue weighted by Crippen LogP contribution is -2.37. The van der Waals surface area contributed by atoms with Gasteiger partial charge in [0, 0.05) is 18.7 Å². The molecule has 0 spiro atoms. The summed E-state index contributed by atoms with van der Waals surface area (Å²) in [7, 11) is 0.